The van der Waals surface area contributed by atoms with E-state index in [4.69, 9.17) is 12.8 Å². The molecule has 0 aromatic rings. The normalized spacial score (nSPS) is 7.00. The predicted molar refractivity (Wildman–Crippen MR) is 35.3 cm³/mol. The van der Waals surface area contributed by atoms with Crippen LogP contribution in [0.15, 0.2) is 0 Å². The van der Waals surface area contributed by atoms with Gasteiger partial charge in [-0.1, -0.05) is 5.92 Å². The summed E-state index contributed by atoms with van der Waals surface area (Å²) in [6, 6.07) is 0. The predicted octanol–water partition coefficient (Wildman–Crippen LogP) is -0.289. The van der Waals surface area contributed by atoms with Crippen LogP contribution in [0.2, 0.25) is 0 Å². The molecule has 0 aliphatic carbocycles. The van der Waals surface area contributed by atoms with E-state index in [2.05, 4.69) is 5.92 Å². The van der Waals surface area contributed by atoms with Gasteiger partial charge in [-0.3, -0.25) is 4.79 Å². The van der Waals surface area contributed by atoms with E-state index in [1.807, 2.05) is 5.92 Å². The highest BCUT2D eigenvalue weighted by molar-refractivity contribution is 5.92. The highest BCUT2D eigenvalue weighted by Crippen LogP contribution is 1.78. The monoisotopic (exact) mass is 121 g/mol. The summed E-state index contributed by atoms with van der Waals surface area (Å²) in [6.07, 6.45) is 9.70. The molecular weight excluding hydrogens is 114 g/mol. The Bertz CT molecular complexity index is 182. The second-order valence-corrected chi connectivity index (χ2v) is 1.51. The minimum atomic E-state index is -0.382. The molecule has 0 rings (SSSR count). The molecule has 2 nitrogen and oxygen atoms in total. The second kappa shape index (κ2) is 3.57. The van der Waals surface area contributed by atoms with Crippen molar-refractivity contribution in [3.8, 4) is 24.7 Å². The van der Waals surface area contributed by atoms with Crippen molar-refractivity contribution in [1.29, 1.82) is 0 Å². The van der Waals surface area contributed by atoms with Crippen molar-refractivity contribution in [3.05, 3.63) is 0 Å². The molecule has 0 aliphatic heterocycles. The number of terminal acetylenes is 2. The highest BCUT2D eigenvalue weighted by atomic mass is 16.2. The Hall–Kier alpha value is -1.41. The molecule has 2 heteroatoms. The van der Waals surface area contributed by atoms with Crippen molar-refractivity contribution in [2.45, 2.75) is 0 Å². The number of hydrogen-bond donors (Lipinski definition) is 0. The topological polar surface area (TPSA) is 20.3 Å². The van der Waals surface area contributed by atoms with Crippen molar-refractivity contribution >= 4 is 5.91 Å². The van der Waals surface area contributed by atoms with Crippen LogP contribution in [0.3, 0.4) is 0 Å². The summed E-state index contributed by atoms with van der Waals surface area (Å²) in [5, 5.41) is 0. The Morgan fingerprint density at radius 3 is 2.56 bits per heavy atom. The van der Waals surface area contributed by atoms with E-state index in [-0.39, 0.29) is 12.5 Å². The van der Waals surface area contributed by atoms with E-state index in [9.17, 15) is 4.79 Å². The maximum atomic E-state index is 10.5. The van der Waals surface area contributed by atoms with E-state index < -0.39 is 0 Å². The number of carbonyl (C=O) groups excluding carboxylic acids is 1. The summed E-state index contributed by atoms with van der Waals surface area (Å²) in [7, 11) is 1.56. The smallest absolute Gasteiger partial charge is 0.298 e. The minimum Gasteiger partial charge on any atom is -0.324 e. The number of amides is 1. The van der Waals surface area contributed by atoms with Crippen LogP contribution in [0.25, 0.3) is 0 Å². The quantitative estimate of drug-likeness (QED) is 0.436. The van der Waals surface area contributed by atoms with E-state index >= 15 is 0 Å². The summed E-state index contributed by atoms with van der Waals surface area (Å²) < 4.78 is 0. The molecule has 0 N–H and O–H groups in total. The van der Waals surface area contributed by atoms with Gasteiger partial charge in [0.2, 0.25) is 0 Å². The zero-order valence-corrected chi connectivity index (χ0v) is 5.22. The molecule has 46 valence electrons. The largest absolute Gasteiger partial charge is 0.324 e. The maximum absolute atomic E-state index is 10.5. The van der Waals surface area contributed by atoms with Crippen molar-refractivity contribution in [1.82, 2.24) is 4.90 Å². The molecule has 0 aliphatic rings. The Morgan fingerprint density at radius 1 is 1.67 bits per heavy atom. The third-order valence-electron chi connectivity index (χ3n) is 0.799. The molecule has 0 aromatic carbocycles. The lowest BCUT2D eigenvalue weighted by Gasteiger charge is -2.07. The second-order valence-electron chi connectivity index (χ2n) is 1.51. The van der Waals surface area contributed by atoms with Gasteiger partial charge in [0.15, 0.2) is 0 Å². The fourth-order valence-corrected chi connectivity index (χ4v) is 0.319. The Labute approximate surface area is 54.8 Å². The molecule has 1 amide bonds. The van der Waals surface area contributed by atoms with Gasteiger partial charge in [-0.25, -0.2) is 0 Å². The lowest BCUT2D eigenvalue weighted by molar-refractivity contribution is -0.123. The Morgan fingerprint density at radius 2 is 2.22 bits per heavy atom. The van der Waals surface area contributed by atoms with Crippen LogP contribution in [0, 0.1) is 24.7 Å². The summed E-state index contributed by atoms with van der Waals surface area (Å²) in [5.41, 5.74) is 0. The van der Waals surface area contributed by atoms with Gasteiger partial charge in [-0.05, 0) is 5.92 Å². The molecule has 0 saturated carbocycles. The van der Waals surface area contributed by atoms with E-state index in [0.29, 0.717) is 0 Å². The first-order valence-corrected chi connectivity index (χ1v) is 2.37. The molecule has 0 heterocycles. The molecule has 0 atom stereocenters. The number of carbonyl (C=O) groups is 1. The van der Waals surface area contributed by atoms with Gasteiger partial charge < -0.3 is 4.90 Å². The van der Waals surface area contributed by atoms with Gasteiger partial charge in [-0.15, -0.1) is 12.8 Å². The van der Waals surface area contributed by atoms with Crippen molar-refractivity contribution < 1.29 is 4.79 Å². The molecular formula is C7H7NO. The lowest BCUT2D eigenvalue weighted by Crippen LogP contribution is -2.24. The van der Waals surface area contributed by atoms with E-state index in [1.165, 1.54) is 4.90 Å². The standard InChI is InChI=1S/C7H7NO/c1-4-6-8(3)7(9)5-2/h1-2H,6H2,3H3. The van der Waals surface area contributed by atoms with E-state index in [1.54, 1.807) is 7.05 Å². The molecule has 0 radical (unpaired) electrons. The molecule has 0 fully saturated rings. The van der Waals surface area contributed by atoms with Crippen LogP contribution in [0.4, 0.5) is 0 Å². The summed E-state index contributed by atoms with van der Waals surface area (Å²) >= 11 is 0. The lowest BCUT2D eigenvalue weighted by atomic mass is 10.5. The van der Waals surface area contributed by atoms with Crippen molar-refractivity contribution in [2.24, 2.45) is 0 Å². The van der Waals surface area contributed by atoms with Crippen LogP contribution in [0.1, 0.15) is 0 Å². The fraction of sp³-hybridized carbons (Fsp3) is 0.286. The molecule has 0 unspecified atom stereocenters. The minimum absolute atomic E-state index is 0.267. The Kier molecular flexibility index (Phi) is 3.01. The first-order chi connectivity index (χ1) is 4.22. The van der Waals surface area contributed by atoms with Crippen molar-refractivity contribution in [2.75, 3.05) is 13.6 Å². The molecule has 0 spiro atoms. The summed E-state index contributed by atoms with van der Waals surface area (Å²) in [5.74, 6) is 3.85. The van der Waals surface area contributed by atoms with Gasteiger partial charge in [0.25, 0.3) is 5.91 Å². The van der Waals surface area contributed by atoms with Gasteiger partial charge in [0.05, 0.1) is 6.54 Å². The van der Waals surface area contributed by atoms with Crippen LogP contribution in [-0.2, 0) is 4.79 Å². The van der Waals surface area contributed by atoms with Crippen LogP contribution in [0.5, 0.6) is 0 Å². The zero-order chi connectivity index (χ0) is 7.28. The molecule has 0 saturated heterocycles. The SMILES string of the molecule is C#CCN(C)C(=O)C#C. The molecule has 9 heavy (non-hydrogen) atoms. The van der Waals surface area contributed by atoms with Crippen LogP contribution in [-0.4, -0.2) is 24.4 Å². The van der Waals surface area contributed by atoms with Gasteiger partial charge in [-0.2, -0.15) is 0 Å². The van der Waals surface area contributed by atoms with E-state index in [0.717, 1.165) is 0 Å². The van der Waals surface area contributed by atoms with Gasteiger partial charge in [0.1, 0.15) is 0 Å². The number of rotatable bonds is 1. The summed E-state index contributed by atoms with van der Waals surface area (Å²) in [4.78, 5) is 11.8. The van der Waals surface area contributed by atoms with Crippen molar-refractivity contribution in [3.63, 3.8) is 0 Å². The molecule has 0 aromatic heterocycles. The average Bonchev–Trinajstić information content (AvgIpc) is 1.87. The average molecular weight is 121 g/mol. The highest BCUT2D eigenvalue weighted by Gasteiger charge is 1.99. The fourth-order valence-electron chi connectivity index (χ4n) is 0.319. The zero-order valence-electron chi connectivity index (χ0n) is 5.22. The number of nitrogens with zero attached hydrogens (tertiary/aromatic N) is 1. The first kappa shape index (κ1) is 7.59. The third kappa shape index (κ3) is 2.41. The third-order valence-corrected chi connectivity index (χ3v) is 0.799. The van der Waals surface area contributed by atoms with Gasteiger partial charge >= 0.3 is 0 Å². The van der Waals surface area contributed by atoms with Crippen LogP contribution >= 0.6 is 0 Å². The molecule has 0 bridgehead atoms. The Balaban J connectivity index is 3.80. The van der Waals surface area contributed by atoms with Gasteiger partial charge in [0, 0.05) is 7.05 Å². The maximum Gasteiger partial charge on any atom is 0.298 e. The van der Waals surface area contributed by atoms with Crippen LogP contribution < -0.4 is 0 Å². The number of hydrogen-bond acceptors (Lipinski definition) is 1. The summed E-state index contributed by atoms with van der Waals surface area (Å²) in [6.45, 7) is 0.267. The first-order valence-electron chi connectivity index (χ1n) is 2.37.